The van der Waals surface area contributed by atoms with E-state index in [0.717, 1.165) is 45.1 Å². The molecule has 0 heterocycles. The Morgan fingerprint density at radius 3 is 2.37 bits per heavy atom. The van der Waals surface area contributed by atoms with Crippen molar-refractivity contribution < 1.29 is 13.2 Å². The highest BCUT2D eigenvalue weighted by Gasteiger charge is 2.35. The molecule has 1 rings (SSSR count). The van der Waals surface area contributed by atoms with E-state index in [1.807, 2.05) is 0 Å². The van der Waals surface area contributed by atoms with Gasteiger partial charge >= 0.3 is 0 Å². The van der Waals surface area contributed by atoms with Crippen LogP contribution >= 0.6 is 0 Å². The summed E-state index contributed by atoms with van der Waals surface area (Å²) in [4.78, 5) is 0. The zero-order chi connectivity index (χ0) is 14.4. The minimum atomic E-state index is -3.42. The van der Waals surface area contributed by atoms with Crippen molar-refractivity contribution in [3.63, 3.8) is 0 Å². The third-order valence-corrected chi connectivity index (χ3v) is 4.91. The van der Waals surface area contributed by atoms with Gasteiger partial charge < -0.3 is 4.74 Å². The number of hydrogen-bond donors (Lipinski definition) is 1. The van der Waals surface area contributed by atoms with Crippen molar-refractivity contribution in [2.75, 3.05) is 19.0 Å². The first-order valence-electron chi connectivity index (χ1n) is 7.41. The molecule has 1 fully saturated rings. The predicted molar refractivity (Wildman–Crippen MR) is 78.4 cm³/mol. The van der Waals surface area contributed by atoms with Gasteiger partial charge in [-0.25, -0.2) is 13.6 Å². The van der Waals surface area contributed by atoms with Crippen LogP contribution in [0.25, 0.3) is 0 Å². The van der Waals surface area contributed by atoms with Gasteiger partial charge in [-0.1, -0.05) is 33.1 Å². The third kappa shape index (κ3) is 7.28. The molecule has 0 unspecified atom stereocenters. The van der Waals surface area contributed by atoms with Gasteiger partial charge in [-0.2, -0.15) is 0 Å². The summed E-state index contributed by atoms with van der Waals surface area (Å²) in [6, 6.07) is 0. The molecule has 0 spiro atoms. The lowest BCUT2D eigenvalue weighted by Crippen LogP contribution is -2.39. The molecule has 0 saturated heterocycles. The van der Waals surface area contributed by atoms with Gasteiger partial charge in [-0.15, -0.1) is 0 Å². The van der Waals surface area contributed by atoms with Crippen LogP contribution < -0.4 is 5.14 Å². The Morgan fingerprint density at radius 1 is 1.21 bits per heavy atom. The fourth-order valence-corrected chi connectivity index (χ4v) is 4.17. The smallest absolute Gasteiger partial charge is 0.209 e. The second-order valence-corrected chi connectivity index (χ2v) is 8.07. The average Bonchev–Trinajstić information content (AvgIpc) is 2.27. The molecule has 19 heavy (non-hydrogen) atoms. The van der Waals surface area contributed by atoms with Crippen molar-refractivity contribution in [1.82, 2.24) is 0 Å². The molecule has 0 aromatic rings. The highest BCUT2D eigenvalue weighted by molar-refractivity contribution is 7.89. The lowest BCUT2D eigenvalue weighted by molar-refractivity contribution is 0.0307. The van der Waals surface area contributed by atoms with E-state index >= 15 is 0 Å². The summed E-state index contributed by atoms with van der Waals surface area (Å²) >= 11 is 0. The van der Waals surface area contributed by atoms with E-state index in [1.54, 1.807) is 0 Å². The van der Waals surface area contributed by atoms with Gasteiger partial charge in [0.2, 0.25) is 10.0 Å². The lowest BCUT2D eigenvalue weighted by Gasteiger charge is -2.36. The molecule has 4 nitrogen and oxygen atoms in total. The number of primary sulfonamides is 1. The van der Waals surface area contributed by atoms with E-state index in [0.29, 0.717) is 12.5 Å². The van der Waals surface area contributed by atoms with E-state index < -0.39 is 10.0 Å². The van der Waals surface area contributed by atoms with Crippen LogP contribution in [0.4, 0.5) is 0 Å². The van der Waals surface area contributed by atoms with E-state index in [4.69, 9.17) is 9.88 Å². The largest absolute Gasteiger partial charge is 0.381 e. The summed E-state index contributed by atoms with van der Waals surface area (Å²) in [6.07, 6.45) is 7.42. The van der Waals surface area contributed by atoms with E-state index in [2.05, 4.69) is 13.8 Å². The van der Waals surface area contributed by atoms with E-state index in [1.165, 1.54) is 6.42 Å². The maximum absolute atomic E-state index is 11.4. The highest BCUT2D eigenvalue weighted by Crippen LogP contribution is 2.37. The second kappa shape index (κ2) is 7.60. The molecule has 0 aromatic carbocycles. The van der Waals surface area contributed by atoms with Crippen LogP contribution in [-0.4, -0.2) is 27.4 Å². The average molecular weight is 291 g/mol. The van der Waals surface area contributed by atoms with Crippen LogP contribution in [-0.2, 0) is 14.8 Å². The molecule has 2 N–H and O–H groups in total. The van der Waals surface area contributed by atoms with Crippen molar-refractivity contribution in [1.29, 1.82) is 0 Å². The maximum atomic E-state index is 11.4. The standard InChI is InChI=1S/C14H29NO3S/c1-13(2)7-6-10-18-11-14(12-19(15,16)17)8-4-3-5-9-14/h13H,3-12H2,1-2H3,(H2,15,16,17). The molecule has 0 radical (unpaired) electrons. The number of sulfonamides is 1. The van der Waals surface area contributed by atoms with Gasteiger partial charge in [0, 0.05) is 12.0 Å². The summed E-state index contributed by atoms with van der Waals surface area (Å²) in [5.74, 6) is 0.765. The van der Waals surface area contributed by atoms with Gasteiger partial charge in [-0.05, 0) is 31.6 Å². The molecule has 114 valence electrons. The van der Waals surface area contributed by atoms with Gasteiger partial charge in [0.1, 0.15) is 0 Å². The Balaban J connectivity index is 2.41. The Hall–Kier alpha value is -0.130. The van der Waals surface area contributed by atoms with Gasteiger partial charge in [0.05, 0.1) is 12.4 Å². The molecule has 1 aliphatic carbocycles. The van der Waals surface area contributed by atoms with Crippen LogP contribution in [0.3, 0.4) is 0 Å². The van der Waals surface area contributed by atoms with E-state index in [9.17, 15) is 8.42 Å². The molecule has 1 saturated carbocycles. The molecule has 0 bridgehead atoms. The summed E-state index contributed by atoms with van der Waals surface area (Å²) in [5.41, 5.74) is -0.232. The highest BCUT2D eigenvalue weighted by atomic mass is 32.2. The lowest BCUT2D eigenvalue weighted by atomic mass is 9.76. The first-order valence-corrected chi connectivity index (χ1v) is 9.13. The number of ether oxygens (including phenoxy) is 1. The fraction of sp³-hybridized carbons (Fsp3) is 1.00. The molecule has 0 aromatic heterocycles. The van der Waals surface area contributed by atoms with Crippen LogP contribution in [0.5, 0.6) is 0 Å². The minimum absolute atomic E-state index is 0.0736. The van der Waals surface area contributed by atoms with E-state index in [-0.39, 0.29) is 11.2 Å². The number of hydrogen-bond acceptors (Lipinski definition) is 3. The van der Waals surface area contributed by atoms with Crippen LogP contribution in [0.1, 0.15) is 58.8 Å². The van der Waals surface area contributed by atoms with Gasteiger partial charge in [0.15, 0.2) is 0 Å². The summed E-state index contributed by atoms with van der Waals surface area (Å²) in [7, 11) is -3.42. The maximum Gasteiger partial charge on any atom is 0.209 e. The van der Waals surface area contributed by atoms with Crippen molar-refractivity contribution >= 4 is 10.0 Å². The monoisotopic (exact) mass is 291 g/mol. The topological polar surface area (TPSA) is 69.4 Å². The predicted octanol–water partition coefficient (Wildman–Crippen LogP) is 2.68. The molecule has 0 amide bonds. The molecule has 0 aliphatic heterocycles. The van der Waals surface area contributed by atoms with Gasteiger partial charge in [-0.3, -0.25) is 0 Å². The molecular weight excluding hydrogens is 262 g/mol. The normalized spacial score (nSPS) is 19.8. The quantitative estimate of drug-likeness (QED) is 0.699. The van der Waals surface area contributed by atoms with Crippen LogP contribution in [0, 0.1) is 11.3 Å². The SMILES string of the molecule is CC(C)CCCOCC1(CS(N)(=O)=O)CCCCC1. The number of rotatable bonds is 8. The van der Waals surface area contributed by atoms with Gasteiger partial charge in [0.25, 0.3) is 0 Å². The van der Waals surface area contributed by atoms with Crippen molar-refractivity contribution in [3.05, 3.63) is 0 Å². The summed E-state index contributed by atoms with van der Waals surface area (Å²) in [6.45, 7) is 5.67. The van der Waals surface area contributed by atoms with Crippen LogP contribution in [0.2, 0.25) is 0 Å². The second-order valence-electron chi connectivity index (χ2n) is 6.46. The van der Waals surface area contributed by atoms with Crippen molar-refractivity contribution in [2.45, 2.75) is 58.8 Å². The Morgan fingerprint density at radius 2 is 1.84 bits per heavy atom. The third-order valence-electron chi connectivity index (χ3n) is 3.90. The summed E-state index contributed by atoms with van der Waals surface area (Å²) < 4.78 is 28.6. The van der Waals surface area contributed by atoms with Crippen LogP contribution in [0.15, 0.2) is 0 Å². The molecule has 0 atom stereocenters. The minimum Gasteiger partial charge on any atom is -0.381 e. The molecule has 5 heteroatoms. The van der Waals surface area contributed by atoms with Crippen molar-refractivity contribution in [3.8, 4) is 0 Å². The number of nitrogens with two attached hydrogens (primary N) is 1. The van der Waals surface area contributed by atoms with Crippen molar-refractivity contribution in [2.24, 2.45) is 16.5 Å². The Bertz CT molecular complexity index is 346. The first-order chi connectivity index (χ1) is 8.83. The fourth-order valence-electron chi connectivity index (χ4n) is 2.94. The summed E-state index contributed by atoms with van der Waals surface area (Å²) in [5, 5.41) is 5.24. The first kappa shape index (κ1) is 16.9. The zero-order valence-electron chi connectivity index (χ0n) is 12.4. The zero-order valence-corrected chi connectivity index (χ0v) is 13.2. The Kier molecular flexibility index (Phi) is 6.77. The molecular formula is C14H29NO3S. The molecule has 1 aliphatic rings. The Labute approximate surface area is 118 Å².